The SMILES string of the molecule is C=C(C#N)c1ccc(OCC(O)CNC(C)C)c(OC)c1. The summed E-state index contributed by atoms with van der Waals surface area (Å²) in [6, 6.07) is 7.44. The van der Waals surface area contributed by atoms with Crippen LogP contribution in [-0.4, -0.2) is 37.5 Å². The molecule has 0 saturated carbocycles. The average Bonchev–Trinajstić information content (AvgIpc) is 2.49. The van der Waals surface area contributed by atoms with Crippen molar-refractivity contribution in [3.63, 3.8) is 0 Å². The summed E-state index contributed by atoms with van der Waals surface area (Å²) in [4.78, 5) is 0. The number of nitrogens with zero attached hydrogens (tertiary/aromatic N) is 1. The van der Waals surface area contributed by atoms with Gasteiger partial charge in [-0.1, -0.05) is 20.4 Å². The van der Waals surface area contributed by atoms with Crippen molar-refractivity contribution >= 4 is 5.57 Å². The van der Waals surface area contributed by atoms with E-state index >= 15 is 0 Å². The molecule has 0 bridgehead atoms. The second-order valence-corrected chi connectivity index (χ2v) is 4.98. The molecule has 0 spiro atoms. The fourth-order valence-electron chi connectivity index (χ4n) is 1.66. The largest absolute Gasteiger partial charge is 0.493 e. The highest BCUT2D eigenvalue weighted by Gasteiger charge is 2.11. The van der Waals surface area contributed by atoms with Crippen LogP contribution in [0.25, 0.3) is 5.57 Å². The predicted molar refractivity (Wildman–Crippen MR) is 82.3 cm³/mol. The van der Waals surface area contributed by atoms with Crippen molar-refractivity contribution in [2.24, 2.45) is 0 Å². The van der Waals surface area contributed by atoms with Gasteiger partial charge in [0.05, 0.1) is 18.8 Å². The molecule has 0 radical (unpaired) electrons. The Labute approximate surface area is 125 Å². The van der Waals surface area contributed by atoms with E-state index in [1.807, 2.05) is 19.9 Å². The first-order valence-corrected chi connectivity index (χ1v) is 6.79. The Hall–Kier alpha value is -2.03. The molecule has 0 aliphatic rings. The summed E-state index contributed by atoms with van der Waals surface area (Å²) in [5, 5.41) is 21.8. The first-order chi connectivity index (χ1) is 9.97. The molecule has 0 aromatic heterocycles. The van der Waals surface area contributed by atoms with Crippen LogP contribution < -0.4 is 14.8 Å². The number of aliphatic hydroxyl groups is 1. The van der Waals surface area contributed by atoms with E-state index < -0.39 is 6.10 Å². The highest BCUT2D eigenvalue weighted by molar-refractivity contribution is 5.76. The zero-order valence-electron chi connectivity index (χ0n) is 12.7. The smallest absolute Gasteiger partial charge is 0.161 e. The highest BCUT2D eigenvalue weighted by Crippen LogP contribution is 2.30. The quantitative estimate of drug-likeness (QED) is 0.716. The number of aliphatic hydroxyl groups excluding tert-OH is 1. The lowest BCUT2D eigenvalue weighted by Crippen LogP contribution is -2.35. The van der Waals surface area contributed by atoms with E-state index in [0.29, 0.717) is 35.2 Å². The first kappa shape index (κ1) is 17.0. The second-order valence-electron chi connectivity index (χ2n) is 4.98. The Balaban J connectivity index is 2.67. The number of methoxy groups -OCH3 is 1. The van der Waals surface area contributed by atoms with E-state index in [4.69, 9.17) is 14.7 Å². The van der Waals surface area contributed by atoms with Crippen LogP contribution >= 0.6 is 0 Å². The lowest BCUT2D eigenvalue weighted by atomic mass is 10.1. The summed E-state index contributed by atoms with van der Waals surface area (Å²) >= 11 is 0. The van der Waals surface area contributed by atoms with Gasteiger partial charge in [-0.3, -0.25) is 0 Å². The Morgan fingerprint density at radius 1 is 1.43 bits per heavy atom. The minimum atomic E-state index is -0.606. The molecule has 0 saturated heterocycles. The van der Waals surface area contributed by atoms with Crippen LogP contribution in [-0.2, 0) is 0 Å². The van der Waals surface area contributed by atoms with Crippen LogP contribution in [0.2, 0.25) is 0 Å². The number of hydrogen-bond acceptors (Lipinski definition) is 5. The molecule has 0 amide bonds. The van der Waals surface area contributed by atoms with E-state index in [-0.39, 0.29) is 6.61 Å². The van der Waals surface area contributed by atoms with Crippen LogP contribution in [0.5, 0.6) is 11.5 Å². The van der Waals surface area contributed by atoms with Gasteiger partial charge in [-0.25, -0.2) is 0 Å². The third kappa shape index (κ3) is 5.46. The Morgan fingerprint density at radius 3 is 2.71 bits per heavy atom. The topological polar surface area (TPSA) is 74.5 Å². The Kier molecular flexibility index (Phi) is 6.73. The summed E-state index contributed by atoms with van der Waals surface area (Å²) in [5.74, 6) is 1.03. The van der Waals surface area contributed by atoms with Gasteiger partial charge in [-0.2, -0.15) is 5.26 Å². The minimum absolute atomic E-state index is 0.161. The van der Waals surface area contributed by atoms with Crippen LogP contribution in [0, 0.1) is 11.3 Å². The number of allylic oxidation sites excluding steroid dienone is 1. The Morgan fingerprint density at radius 2 is 2.14 bits per heavy atom. The molecular formula is C16H22N2O3. The maximum atomic E-state index is 9.82. The number of benzene rings is 1. The second kappa shape index (κ2) is 8.30. The molecule has 1 unspecified atom stereocenters. The van der Waals surface area contributed by atoms with Crippen molar-refractivity contribution in [2.75, 3.05) is 20.3 Å². The van der Waals surface area contributed by atoms with Crippen molar-refractivity contribution in [2.45, 2.75) is 26.0 Å². The maximum Gasteiger partial charge on any atom is 0.161 e. The van der Waals surface area contributed by atoms with Crippen LogP contribution in [0.4, 0.5) is 0 Å². The van der Waals surface area contributed by atoms with E-state index in [1.165, 1.54) is 7.11 Å². The fraction of sp³-hybridized carbons (Fsp3) is 0.438. The Bertz CT molecular complexity index is 521. The van der Waals surface area contributed by atoms with E-state index in [2.05, 4.69) is 11.9 Å². The average molecular weight is 290 g/mol. The molecule has 114 valence electrons. The van der Waals surface area contributed by atoms with Crippen molar-refractivity contribution < 1.29 is 14.6 Å². The minimum Gasteiger partial charge on any atom is -0.493 e. The maximum absolute atomic E-state index is 9.82. The summed E-state index contributed by atoms with van der Waals surface area (Å²) in [7, 11) is 1.53. The van der Waals surface area contributed by atoms with Crippen molar-refractivity contribution in [3.05, 3.63) is 30.3 Å². The lowest BCUT2D eigenvalue weighted by molar-refractivity contribution is 0.103. The third-order valence-corrected chi connectivity index (χ3v) is 2.84. The molecule has 2 N–H and O–H groups in total. The van der Waals surface area contributed by atoms with Gasteiger partial charge in [0, 0.05) is 12.6 Å². The molecule has 0 aliphatic carbocycles. The number of ether oxygens (including phenoxy) is 2. The van der Waals surface area contributed by atoms with Crippen molar-refractivity contribution in [1.82, 2.24) is 5.32 Å². The van der Waals surface area contributed by atoms with Crippen LogP contribution in [0.3, 0.4) is 0 Å². The van der Waals surface area contributed by atoms with Gasteiger partial charge < -0.3 is 19.9 Å². The molecule has 0 heterocycles. The summed E-state index contributed by atoms with van der Waals surface area (Å²) in [6.45, 7) is 8.30. The van der Waals surface area contributed by atoms with E-state index in [0.717, 1.165) is 0 Å². The molecule has 1 atom stereocenters. The molecule has 1 aromatic carbocycles. The summed E-state index contributed by atoms with van der Waals surface area (Å²) in [5.41, 5.74) is 1.05. The van der Waals surface area contributed by atoms with Crippen molar-refractivity contribution in [3.8, 4) is 17.6 Å². The molecule has 1 aromatic rings. The van der Waals surface area contributed by atoms with Gasteiger partial charge in [0.15, 0.2) is 11.5 Å². The molecular weight excluding hydrogens is 268 g/mol. The number of nitrogens with one attached hydrogen (secondary N) is 1. The molecule has 21 heavy (non-hydrogen) atoms. The monoisotopic (exact) mass is 290 g/mol. The van der Waals surface area contributed by atoms with Crippen LogP contribution in [0.1, 0.15) is 19.4 Å². The number of hydrogen-bond donors (Lipinski definition) is 2. The van der Waals surface area contributed by atoms with E-state index in [1.54, 1.807) is 18.2 Å². The zero-order valence-corrected chi connectivity index (χ0v) is 12.7. The standard InChI is InChI=1S/C16H22N2O3/c1-11(2)18-9-14(19)10-21-15-6-5-13(12(3)8-17)7-16(15)20-4/h5-7,11,14,18-19H,3,9-10H2,1-2,4H3. The van der Waals surface area contributed by atoms with Crippen LogP contribution in [0.15, 0.2) is 24.8 Å². The molecule has 1 rings (SSSR count). The lowest BCUT2D eigenvalue weighted by Gasteiger charge is -2.16. The normalized spacial score (nSPS) is 11.8. The van der Waals surface area contributed by atoms with E-state index in [9.17, 15) is 5.11 Å². The van der Waals surface area contributed by atoms with Crippen molar-refractivity contribution in [1.29, 1.82) is 5.26 Å². The predicted octanol–water partition coefficient (Wildman–Crippen LogP) is 1.97. The number of rotatable bonds is 8. The van der Waals surface area contributed by atoms with Gasteiger partial charge in [0.2, 0.25) is 0 Å². The summed E-state index contributed by atoms with van der Waals surface area (Å²) in [6.07, 6.45) is -0.606. The van der Waals surface area contributed by atoms with Gasteiger partial charge >= 0.3 is 0 Å². The van der Waals surface area contributed by atoms with Gasteiger partial charge in [-0.05, 0) is 23.8 Å². The molecule has 5 nitrogen and oxygen atoms in total. The third-order valence-electron chi connectivity index (χ3n) is 2.84. The van der Waals surface area contributed by atoms with Gasteiger partial charge in [0.1, 0.15) is 12.7 Å². The van der Waals surface area contributed by atoms with Gasteiger partial charge in [0.25, 0.3) is 0 Å². The first-order valence-electron chi connectivity index (χ1n) is 6.79. The van der Waals surface area contributed by atoms with Gasteiger partial charge in [-0.15, -0.1) is 0 Å². The number of nitriles is 1. The molecule has 0 aliphatic heterocycles. The fourth-order valence-corrected chi connectivity index (χ4v) is 1.66. The highest BCUT2D eigenvalue weighted by atomic mass is 16.5. The molecule has 5 heteroatoms. The summed E-state index contributed by atoms with van der Waals surface area (Å²) < 4.78 is 10.8. The zero-order chi connectivity index (χ0) is 15.8. The molecule has 0 fully saturated rings.